The van der Waals surface area contributed by atoms with E-state index in [1.165, 1.54) is 6.26 Å². The normalized spacial score (nSPS) is 10.1. The Morgan fingerprint density at radius 1 is 1.67 bits per heavy atom. The molecule has 0 saturated carbocycles. The van der Waals surface area contributed by atoms with E-state index in [-0.39, 0.29) is 5.91 Å². The first-order valence-corrected chi connectivity index (χ1v) is 6.84. The fourth-order valence-corrected chi connectivity index (χ4v) is 2.09. The summed E-state index contributed by atoms with van der Waals surface area (Å²) in [6.45, 7) is 7.56. The van der Waals surface area contributed by atoms with Gasteiger partial charge < -0.3 is 14.6 Å². The number of hydrogen-bond donors (Lipinski definition) is 1. The van der Waals surface area contributed by atoms with Gasteiger partial charge >= 0.3 is 0 Å². The van der Waals surface area contributed by atoms with Gasteiger partial charge in [-0.15, -0.1) is 0 Å². The Hall–Kier alpha value is -1.23. The maximum absolute atomic E-state index is 12.0. The van der Waals surface area contributed by atoms with E-state index in [1.54, 1.807) is 0 Å². The van der Waals surface area contributed by atoms with Crippen molar-refractivity contribution in [1.82, 2.24) is 9.88 Å². The Balaban J connectivity index is 2.47. The van der Waals surface area contributed by atoms with Crippen molar-refractivity contribution in [3.05, 3.63) is 35.3 Å². The van der Waals surface area contributed by atoms with E-state index in [0.717, 1.165) is 23.9 Å². The van der Waals surface area contributed by atoms with Crippen molar-refractivity contribution in [2.45, 2.75) is 26.3 Å². The van der Waals surface area contributed by atoms with E-state index in [2.05, 4.69) is 34.7 Å². The number of halogens is 1. The van der Waals surface area contributed by atoms with E-state index >= 15 is 0 Å². The van der Waals surface area contributed by atoms with Crippen molar-refractivity contribution < 1.29 is 9.53 Å². The van der Waals surface area contributed by atoms with Crippen molar-refractivity contribution in [3.8, 4) is 0 Å². The van der Waals surface area contributed by atoms with E-state index in [9.17, 15) is 4.79 Å². The lowest BCUT2D eigenvalue weighted by molar-refractivity contribution is 0.0941. The van der Waals surface area contributed by atoms with Gasteiger partial charge in [-0.2, -0.15) is 0 Å². The molecule has 4 nitrogen and oxygen atoms in total. The van der Waals surface area contributed by atoms with Gasteiger partial charge in [0.1, 0.15) is 5.69 Å². The van der Waals surface area contributed by atoms with E-state index in [0.29, 0.717) is 18.8 Å². The summed E-state index contributed by atoms with van der Waals surface area (Å²) in [5, 5.41) is 2.88. The second kappa shape index (κ2) is 7.97. The van der Waals surface area contributed by atoms with Crippen LogP contribution in [0.3, 0.4) is 0 Å². The van der Waals surface area contributed by atoms with Crippen molar-refractivity contribution in [2.24, 2.45) is 0 Å². The Bertz CT molecular complexity index is 402. The molecular formula is C13H19BrN2O2. The van der Waals surface area contributed by atoms with Crippen LogP contribution in [0, 0.1) is 0 Å². The average molecular weight is 315 g/mol. The van der Waals surface area contributed by atoms with Gasteiger partial charge in [-0.1, -0.05) is 13.5 Å². The quantitative estimate of drug-likeness (QED) is 0.592. The fourth-order valence-electron chi connectivity index (χ4n) is 1.62. The summed E-state index contributed by atoms with van der Waals surface area (Å²) in [5.41, 5.74) is 0.688. The van der Waals surface area contributed by atoms with Gasteiger partial charge in [0.25, 0.3) is 5.91 Å². The molecule has 0 aromatic carbocycles. The van der Waals surface area contributed by atoms with Crippen LogP contribution < -0.4 is 5.32 Å². The molecular weight excluding hydrogens is 296 g/mol. The molecule has 0 aliphatic heterocycles. The number of nitrogens with one attached hydrogen (secondary N) is 1. The topological polar surface area (TPSA) is 43.3 Å². The molecule has 1 rings (SSSR count). The molecule has 100 valence electrons. The van der Waals surface area contributed by atoms with E-state index < -0.39 is 0 Å². The van der Waals surface area contributed by atoms with Gasteiger partial charge in [0.05, 0.1) is 12.9 Å². The molecule has 0 unspecified atom stereocenters. The summed E-state index contributed by atoms with van der Waals surface area (Å²) in [4.78, 5) is 12.0. The van der Waals surface area contributed by atoms with Crippen LogP contribution in [0.4, 0.5) is 0 Å². The Morgan fingerprint density at radius 2 is 2.44 bits per heavy atom. The number of amides is 1. The van der Waals surface area contributed by atoms with Gasteiger partial charge in [0, 0.05) is 23.8 Å². The summed E-state index contributed by atoms with van der Waals surface area (Å²) in [7, 11) is 0. The summed E-state index contributed by atoms with van der Waals surface area (Å²) < 4.78 is 7.87. The third-order valence-corrected chi connectivity index (χ3v) is 2.84. The predicted molar refractivity (Wildman–Crippen MR) is 75.5 cm³/mol. The van der Waals surface area contributed by atoms with Gasteiger partial charge in [-0.3, -0.25) is 4.79 Å². The van der Waals surface area contributed by atoms with Gasteiger partial charge in [-0.05, 0) is 34.8 Å². The van der Waals surface area contributed by atoms with Crippen molar-refractivity contribution in [3.63, 3.8) is 0 Å². The lowest BCUT2D eigenvalue weighted by Crippen LogP contribution is -2.27. The molecule has 1 N–H and O–H groups in total. The largest absolute Gasteiger partial charge is 0.502 e. The molecule has 5 heteroatoms. The number of aryl methyl sites for hydroxylation is 1. The first-order chi connectivity index (χ1) is 8.69. The molecule has 1 amide bonds. The highest BCUT2D eigenvalue weighted by Crippen LogP contribution is 2.15. The number of ether oxygens (including phenoxy) is 1. The molecule has 1 aromatic rings. The Kier molecular flexibility index (Phi) is 6.57. The van der Waals surface area contributed by atoms with Crippen LogP contribution in [0.1, 0.15) is 30.3 Å². The van der Waals surface area contributed by atoms with Gasteiger partial charge in [0.15, 0.2) is 0 Å². The second-order valence-corrected chi connectivity index (χ2v) is 4.80. The van der Waals surface area contributed by atoms with Crippen LogP contribution in [0.5, 0.6) is 0 Å². The van der Waals surface area contributed by atoms with Gasteiger partial charge in [-0.25, -0.2) is 0 Å². The maximum Gasteiger partial charge on any atom is 0.267 e. The molecule has 0 aliphatic carbocycles. The number of carbonyl (C=O) groups excluding carboxylic acids is 1. The average Bonchev–Trinajstić information content (AvgIpc) is 2.70. The molecule has 0 atom stereocenters. The van der Waals surface area contributed by atoms with E-state index in [4.69, 9.17) is 4.74 Å². The number of nitrogens with zero attached hydrogens (tertiary/aromatic N) is 1. The van der Waals surface area contributed by atoms with Crippen molar-refractivity contribution >= 4 is 21.8 Å². The third-order valence-electron chi connectivity index (χ3n) is 2.40. The van der Waals surface area contributed by atoms with Crippen molar-refractivity contribution in [2.75, 3.05) is 13.2 Å². The number of hydrogen-bond acceptors (Lipinski definition) is 2. The predicted octanol–water partition coefficient (Wildman–Crippen LogP) is 2.94. The molecule has 18 heavy (non-hydrogen) atoms. The zero-order valence-corrected chi connectivity index (χ0v) is 12.2. The molecule has 0 radical (unpaired) electrons. The summed E-state index contributed by atoms with van der Waals surface area (Å²) in [6, 6.07) is 1.84. The van der Waals surface area contributed by atoms with Gasteiger partial charge in [0.2, 0.25) is 0 Å². The highest BCUT2D eigenvalue weighted by molar-refractivity contribution is 9.10. The van der Waals surface area contributed by atoms with E-state index in [1.807, 2.05) is 16.8 Å². The maximum atomic E-state index is 12.0. The highest BCUT2D eigenvalue weighted by atomic mass is 79.9. The lowest BCUT2D eigenvalue weighted by atomic mass is 10.3. The van der Waals surface area contributed by atoms with Crippen LogP contribution in [0.25, 0.3) is 0 Å². The molecule has 1 heterocycles. The fraction of sp³-hybridized carbons (Fsp3) is 0.462. The third kappa shape index (κ3) is 4.56. The minimum Gasteiger partial charge on any atom is -0.502 e. The number of aromatic nitrogens is 1. The number of rotatable bonds is 8. The minimum atomic E-state index is -0.0484. The smallest absolute Gasteiger partial charge is 0.267 e. The van der Waals surface area contributed by atoms with Crippen molar-refractivity contribution in [1.29, 1.82) is 0 Å². The summed E-state index contributed by atoms with van der Waals surface area (Å²) in [6.07, 6.45) is 5.10. The van der Waals surface area contributed by atoms with Crippen LogP contribution >= 0.6 is 15.9 Å². The monoisotopic (exact) mass is 314 g/mol. The Morgan fingerprint density at radius 3 is 3.11 bits per heavy atom. The molecule has 1 aromatic heterocycles. The van der Waals surface area contributed by atoms with Crippen LogP contribution in [-0.4, -0.2) is 23.6 Å². The summed E-state index contributed by atoms with van der Waals surface area (Å²) >= 11 is 3.39. The molecule has 0 spiro atoms. The Labute approximate surface area is 116 Å². The standard InChI is InChI=1S/C13H19BrN2O2/c1-3-7-16-10-11(14)9-12(16)13(17)15-6-5-8-18-4-2/h4,9-10H,2-3,5-8H2,1H3,(H,15,17). The SMILES string of the molecule is C=COCCCNC(=O)c1cc(Br)cn1CCC. The first kappa shape index (κ1) is 14.8. The van der Waals surface area contributed by atoms with Crippen LogP contribution in [0.15, 0.2) is 29.6 Å². The zero-order valence-electron chi connectivity index (χ0n) is 10.6. The minimum absolute atomic E-state index is 0.0484. The molecule has 0 aliphatic rings. The summed E-state index contributed by atoms with van der Waals surface area (Å²) in [5.74, 6) is -0.0484. The number of carbonyl (C=O) groups is 1. The zero-order chi connectivity index (χ0) is 13.4. The first-order valence-electron chi connectivity index (χ1n) is 6.05. The highest BCUT2D eigenvalue weighted by Gasteiger charge is 2.11. The second-order valence-electron chi connectivity index (χ2n) is 3.88. The lowest BCUT2D eigenvalue weighted by Gasteiger charge is -2.08. The molecule has 0 fully saturated rings. The molecule has 0 bridgehead atoms. The van der Waals surface area contributed by atoms with Crippen LogP contribution in [0.2, 0.25) is 0 Å². The van der Waals surface area contributed by atoms with Crippen LogP contribution in [-0.2, 0) is 11.3 Å². The molecule has 0 saturated heterocycles.